The van der Waals surface area contributed by atoms with Gasteiger partial charge in [-0.25, -0.2) is 18.9 Å². The molecule has 212 valence electrons. The number of nitrogens with one attached hydrogen (secondary N) is 1. The molecular weight excluding hydrogens is 518 g/mol. The van der Waals surface area contributed by atoms with Gasteiger partial charge < -0.3 is 19.7 Å². The maximum atomic E-state index is 12.7. The van der Waals surface area contributed by atoms with Gasteiger partial charge in [0.05, 0.1) is 44.6 Å². The molecule has 0 radical (unpaired) electrons. The Balaban J connectivity index is 1.43. The lowest BCUT2D eigenvalue weighted by atomic mass is 10.1. The first-order valence-electron chi connectivity index (χ1n) is 14.1. The normalized spacial score (nSPS) is 17.9. The van der Waals surface area contributed by atoms with Gasteiger partial charge in [-0.3, -0.25) is 0 Å². The van der Waals surface area contributed by atoms with Crippen LogP contribution in [0.2, 0.25) is 0 Å². The highest BCUT2D eigenvalue weighted by atomic mass is 16.5. The molecule has 0 saturated carbocycles. The Morgan fingerprint density at radius 1 is 1.07 bits per heavy atom. The lowest BCUT2D eigenvalue weighted by molar-refractivity contribution is -0.123. The van der Waals surface area contributed by atoms with Crippen LogP contribution in [-0.4, -0.2) is 72.7 Å². The van der Waals surface area contributed by atoms with Crippen molar-refractivity contribution >= 4 is 40.0 Å². The molecule has 0 bridgehead atoms. The summed E-state index contributed by atoms with van der Waals surface area (Å²) >= 11 is 0. The highest BCUT2D eigenvalue weighted by Gasteiger charge is 2.28. The van der Waals surface area contributed by atoms with Gasteiger partial charge >= 0.3 is 5.91 Å². The van der Waals surface area contributed by atoms with Crippen molar-refractivity contribution in [3.8, 4) is 11.3 Å². The number of aromatic nitrogens is 4. The standard InChI is InChI=1S/C31H36N7O3/c1-4-28(39)38(2,3)25-12-7-9-22(19-25)29-26-21-32-37(27-13-5-6-16-41-27)30(26)35-31(34-29)33-23-10-8-11-24(20-23)36-14-17-40-18-15-36/h4,7-12,19-21,27H,1,5-6,13-18H2,2-3H3,(H,33,34,35)/q+1. The molecule has 1 amide bonds. The van der Waals surface area contributed by atoms with Crippen LogP contribution in [0.1, 0.15) is 25.5 Å². The second-order valence-corrected chi connectivity index (χ2v) is 10.9. The molecule has 2 aromatic carbocycles. The third-order valence-corrected chi connectivity index (χ3v) is 7.85. The van der Waals surface area contributed by atoms with Crippen molar-refractivity contribution in [2.75, 3.05) is 57.2 Å². The monoisotopic (exact) mass is 554 g/mol. The van der Waals surface area contributed by atoms with Crippen LogP contribution < -0.4 is 14.7 Å². The Labute approximate surface area is 239 Å². The molecule has 2 aliphatic rings. The van der Waals surface area contributed by atoms with E-state index in [2.05, 4.69) is 28.9 Å². The van der Waals surface area contributed by atoms with Crippen molar-refractivity contribution in [3.05, 3.63) is 67.4 Å². The maximum Gasteiger partial charge on any atom is 0.342 e. The summed E-state index contributed by atoms with van der Waals surface area (Å²) in [6, 6.07) is 16.2. The molecule has 41 heavy (non-hydrogen) atoms. The number of rotatable bonds is 7. The fraction of sp³-hybridized carbons (Fsp3) is 0.355. The number of carbonyl (C=O) groups is 1. The van der Waals surface area contributed by atoms with E-state index >= 15 is 0 Å². The number of likely N-dealkylation sites (N-methyl/N-ethyl adjacent to an activating group) is 1. The van der Waals surface area contributed by atoms with Crippen molar-refractivity contribution in [2.24, 2.45) is 0 Å². The van der Waals surface area contributed by atoms with Crippen LogP contribution in [0, 0.1) is 0 Å². The predicted molar refractivity (Wildman–Crippen MR) is 161 cm³/mol. The van der Waals surface area contributed by atoms with Crippen molar-refractivity contribution in [3.63, 3.8) is 0 Å². The van der Waals surface area contributed by atoms with Crippen LogP contribution >= 0.6 is 0 Å². The lowest BCUT2D eigenvalue weighted by Crippen LogP contribution is -2.45. The molecule has 1 N–H and O–H groups in total. The van der Waals surface area contributed by atoms with Crippen LogP contribution in [0.15, 0.2) is 67.4 Å². The summed E-state index contributed by atoms with van der Waals surface area (Å²) in [5.41, 5.74) is 5.15. The lowest BCUT2D eigenvalue weighted by Gasteiger charge is -2.29. The number of benzene rings is 2. The Morgan fingerprint density at radius 2 is 1.90 bits per heavy atom. The molecule has 2 saturated heterocycles. The second kappa shape index (κ2) is 11.4. The highest BCUT2D eigenvalue weighted by Crippen LogP contribution is 2.34. The molecule has 0 aliphatic carbocycles. The molecule has 2 aliphatic heterocycles. The molecule has 1 atom stereocenters. The largest absolute Gasteiger partial charge is 0.378 e. The summed E-state index contributed by atoms with van der Waals surface area (Å²) in [5.74, 6) is 0.366. The summed E-state index contributed by atoms with van der Waals surface area (Å²) in [6.45, 7) is 7.55. The molecule has 4 heterocycles. The minimum absolute atomic E-state index is 0.0418. The van der Waals surface area contributed by atoms with Gasteiger partial charge in [0.15, 0.2) is 11.9 Å². The average molecular weight is 555 g/mol. The zero-order valence-corrected chi connectivity index (χ0v) is 23.6. The number of fused-ring (bicyclic) bond motifs is 1. The molecule has 6 rings (SSSR count). The van der Waals surface area contributed by atoms with E-state index in [-0.39, 0.29) is 16.6 Å². The molecule has 2 fully saturated rings. The number of hydrogen-bond donors (Lipinski definition) is 1. The number of amides is 1. The van der Waals surface area contributed by atoms with E-state index in [4.69, 9.17) is 24.5 Å². The van der Waals surface area contributed by atoms with Gasteiger partial charge in [-0.15, -0.1) is 0 Å². The smallest absolute Gasteiger partial charge is 0.342 e. The van der Waals surface area contributed by atoms with Crippen LogP contribution in [-0.2, 0) is 14.3 Å². The van der Waals surface area contributed by atoms with Crippen LogP contribution in [0.5, 0.6) is 0 Å². The first-order chi connectivity index (χ1) is 19.9. The van der Waals surface area contributed by atoms with Gasteiger partial charge in [0.25, 0.3) is 0 Å². The van der Waals surface area contributed by atoms with E-state index in [1.165, 1.54) is 6.08 Å². The topological polar surface area (TPSA) is 94.4 Å². The first kappa shape index (κ1) is 27.1. The third-order valence-electron chi connectivity index (χ3n) is 7.85. The van der Waals surface area contributed by atoms with Crippen LogP contribution in [0.3, 0.4) is 0 Å². The SMILES string of the molecule is C=CC(=O)[N+](C)(C)c1cccc(-c2nc(Nc3cccc(N4CCOCC4)c3)nc3c2cnn3C2CCCCO2)c1. The van der Waals surface area contributed by atoms with E-state index in [0.29, 0.717) is 18.2 Å². The van der Waals surface area contributed by atoms with E-state index in [1.807, 2.05) is 61.4 Å². The zero-order chi connectivity index (χ0) is 28.4. The first-order valence-corrected chi connectivity index (χ1v) is 14.1. The van der Waals surface area contributed by atoms with Crippen LogP contribution in [0.25, 0.3) is 22.3 Å². The fourth-order valence-corrected chi connectivity index (χ4v) is 5.42. The Morgan fingerprint density at radius 3 is 2.68 bits per heavy atom. The van der Waals surface area contributed by atoms with E-state index in [1.54, 1.807) is 0 Å². The molecule has 1 unspecified atom stereocenters. The van der Waals surface area contributed by atoms with E-state index in [0.717, 1.165) is 79.3 Å². The minimum Gasteiger partial charge on any atom is -0.378 e. The second-order valence-electron chi connectivity index (χ2n) is 10.9. The molecule has 2 aromatic heterocycles. The number of quaternary nitrogens is 1. The molecule has 10 nitrogen and oxygen atoms in total. The fourth-order valence-electron chi connectivity index (χ4n) is 5.42. The minimum atomic E-state index is -0.173. The van der Waals surface area contributed by atoms with E-state index in [9.17, 15) is 4.79 Å². The van der Waals surface area contributed by atoms with Crippen molar-refractivity contribution < 1.29 is 14.3 Å². The summed E-state index contributed by atoms with van der Waals surface area (Å²) < 4.78 is 13.5. The zero-order valence-electron chi connectivity index (χ0n) is 23.6. The maximum absolute atomic E-state index is 12.7. The number of ether oxygens (including phenoxy) is 2. The van der Waals surface area contributed by atoms with Gasteiger partial charge in [-0.1, -0.05) is 24.8 Å². The molecular formula is C31H36N7O3+. The van der Waals surface area contributed by atoms with Gasteiger partial charge in [0.1, 0.15) is 5.69 Å². The summed E-state index contributed by atoms with van der Waals surface area (Å²) in [5, 5.41) is 8.98. The summed E-state index contributed by atoms with van der Waals surface area (Å²) in [6.07, 6.45) is 6.01. The molecule has 0 spiro atoms. The number of morpholine rings is 1. The number of anilines is 3. The quantitative estimate of drug-likeness (QED) is 0.251. The molecule has 10 heteroatoms. The Hall–Kier alpha value is -4.12. The third kappa shape index (κ3) is 5.46. The Kier molecular flexibility index (Phi) is 7.53. The predicted octanol–water partition coefficient (Wildman–Crippen LogP) is 5.05. The van der Waals surface area contributed by atoms with Crippen molar-refractivity contribution in [2.45, 2.75) is 25.5 Å². The molecule has 4 aromatic rings. The average Bonchev–Trinajstić information content (AvgIpc) is 3.45. The number of hydrogen-bond acceptors (Lipinski definition) is 8. The number of carbonyl (C=O) groups excluding carboxylic acids is 1. The Bertz CT molecular complexity index is 1570. The van der Waals surface area contributed by atoms with Crippen LogP contribution in [0.4, 0.5) is 23.0 Å². The van der Waals surface area contributed by atoms with Gasteiger partial charge in [-0.05, 0) is 43.5 Å². The van der Waals surface area contributed by atoms with Gasteiger partial charge in [0, 0.05) is 48.8 Å². The van der Waals surface area contributed by atoms with E-state index < -0.39 is 0 Å². The summed E-state index contributed by atoms with van der Waals surface area (Å²) in [7, 11) is 3.71. The van der Waals surface area contributed by atoms with Crippen molar-refractivity contribution in [1.82, 2.24) is 24.2 Å². The highest BCUT2D eigenvalue weighted by molar-refractivity contribution is 5.97. The van der Waals surface area contributed by atoms with Crippen molar-refractivity contribution in [1.29, 1.82) is 0 Å². The number of nitrogens with zero attached hydrogens (tertiary/aromatic N) is 6. The summed E-state index contributed by atoms with van der Waals surface area (Å²) in [4.78, 5) is 24.9. The van der Waals surface area contributed by atoms with Gasteiger partial charge in [0.2, 0.25) is 5.95 Å². The van der Waals surface area contributed by atoms with Gasteiger partial charge in [-0.2, -0.15) is 10.1 Å².